The molecule has 0 saturated carbocycles. The van der Waals surface area contributed by atoms with E-state index in [0.29, 0.717) is 31.6 Å². The minimum Gasteiger partial charge on any atom is -0.491 e. The summed E-state index contributed by atoms with van der Waals surface area (Å²) in [6.45, 7) is 5.88. The number of benzene rings is 1. The fourth-order valence-corrected chi connectivity index (χ4v) is 5.04. The summed E-state index contributed by atoms with van der Waals surface area (Å²) in [5.74, 6) is 0.440. The summed E-state index contributed by atoms with van der Waals surface area (Å²) in [6, 6.07) is 6.01. The van der Waals surface area contributed by atoms with Gasteiger partial charge >= 0.3 is 12.1 Å². The lowest BCUT2D eigenvalue weighted by Gasteiger charge is -2.38. The van der Waals surface area contributed by atoms with Gasteiger partial charge in [0.2, 0.25) is 0 Å². The Morgan fingerprint density at radius 1 is 1.35 bits per heavy atom. The minimum atomic E-state index is -1.13. The van der Waals surface area contributed by atoms with Crippen molar-refractivity contribution in [1.82, 2.24) is 20.9 Å². The van der Waals surface area contributed by atoms with Crippen molar-refractivity contribution in [3.63, 3.8) is 0 Å². The summed E-state index contributed by atoms with van der Waals surface area (Å²) >= 11 is 0. The summed E-state index contributed by atoms with van der Waals surface area (Å²) in [4.78, 5) is 25.9. The van der Waals surface area contributed by atoms with Crippen LogP contribution in [-0.2, 0) is 9.47 Å². The molecule has 1 saturated heterocycles. The number of allylic oxidation sites excluding steroid dienone is 2. The number of amides is 3. The van der Waals surface area contributed by atoms with Crippen LogP contribution in [0.4, 0.5) is 14.0 Å². The number of likely N-dealkylation sites (N-methyl/N-ethyl adjacent to an activating group) is 1. The number of halogens is 1. The topological polar surface area (TPSA) is 112 Å². The molecule has 0 spiro atoms. The van der Waals surface area contributed by atoms with Crippen molar-refractivity contribution < 1.29 is 28.6 Å². The van der Waals surface area contributed by atoms with Crippen molar-refractivity contribution in [3.8, 4) is 0 Å². The van der Waals surface area contributed by atoms with E-state index in [2.05, 4.69) is 22.0 Å². The quantitative estimate of drug-likeness (QED) is 0.332. The summed E-state index contributed by atoms with van der Waals surface area (Å²) in [5, 5.41) is 17.5. The number of ether oxygens (including phenoxy) is 2. The molecule has 10 heteroatoms. The van der Waals surface area contributed by atoms with Crippen molar-refractivity contribution in [3.05, 3.63) is 59.1 Å². The maximum absolute atomic E-state index is 14.0. The second kappa shape index (κ2) is 14.0. The Bertz CT molecular complexity index is 985. The molecule has 4 atom stereocenters. The molecule has 0 aromatic heterocycles. The molecule has 204 valence electrons. The molecule has 2 heterocycles. The zero-order valence-corrected chi connectivity index (χ0v) is 21.8. The predicted octanol–water partition coefficient (Wildman–Crippen LogP) is 3.80. The lowest BCUT2D eigenvalue weighted by Crippen LogP contribution is -2.51. The van der Waals surface area contributed by atoms with E-state index in [1.54, 1.807) is 17.0 Å². The molecule has 1 aromatic carbocycles. The first-order chi connectivity index (χ1) is 17.7. The molecular weight excluding hydrogens is 479 g/mol. The highest BCUT2D eigenvalue weighted by Gasteiger charge is 2.32. The Morgan fingerprint density at radius 3 is 2.86 bits per heavy atom. The van der Waals surface area contributed by atoms with Gasteiger partial charge in [-0.15, -0.1) is 0 Å². The molecule has 3 amide bonds. The molecule has 2 aliphatic heterocycles. The molecule has 4 N–H and O–H groups in total. The number of rotatable bonds is 11. The third kappa shape index (κ3) is 9.05. The molecule has 0 radical (unpaired) electrons. The molecule has 3 rings (SSSR count). The van der Waals surface area contributed by atoms with Crippen LogP contribution in [0.15, 0.2) is 47.7 Å². The first-order valence-corrected chi connectivity index (χ1v) is 12.8. The monoisotopic (exact) mass is 518 g/mol. The smallest absolute Gasteiger partial charge is 0.404 e. The van der Waals surface area contributed by atoms with E-state index in [0.717, 1.165) is 24.2 Å². The number of nitrogens with one attached hydrogen (secondary N) is 3. The minimum absolute atomic E-state index is 0.000699. The van der Waals surface area contributed by atoms with Gasteiger partial charge in [0.15, 0.2) is 0 Å². The molecule has 37 heavy (non-hydrogen) atoms. The maximum atomic E-state index is 14.0. The SMILES string of the molecule is CNC[C@@H](CC1=C[C@@H](C)OC(C)=C1)NC(=O)N1CCCC([C@H](OCCNC(=O)O)c2cccc(F)c2)C1. The van der Waals surface area contributed by atoms with Gasteiger partial charge in [0.1, 0.15) is 11.9 Å². The van der Waals surface area contributed by atoms with Crippen LogP contribution in [0.5, 0.6) is 0 Å². The Hall–Kier alpha value is -3.11. The van der Waals surface area contributed by atoms with Crippen LogP contribution in [0.3, 0.4) is 0 Å². The van der Waals surface area contributed by atoms with Crippen LogP contribution < -0.4 is 16.0 Å². The second-order valence-electron chi connectivity index (χ2n) is 9.65. The molecule has 1 unspecified atom stereocenters. The van der Waals surface area contributed by atoms with Crippen LogP contribution in [0.1, 0.15) is 44.8 Å². The van der Waals surface area contributed by atoms with E-state index in [9.17, 15) is 14.0 Å². The molecule has 0 bridgehead atoms. The zero-order chi connectivity index (χ0) is 26.8. The second-order valence-corrected chi connectivity index (χ2v) is 9.65. The number of carbonyl (C=O) groups excluding carboxylic acids is 1. The van der Waals surface area contributed by atoms with Gasteiger partial charge in [0, 0.05) is 38.1 Å². The number of nitrogens with zero attached hydrogens (tertiary/aromatic N) is 1. The molecule has 1 aromatic rings. The highest BCUT2D eigenvalue weighted by molar-refractivity contribution is 5.74. The predicted molar refractivity (Wildman–Crippen MR) is 139 cm³/mol. The van der Waals surface area contributed by atoms with Crippen LogP contribution in [0.25, 0.3) is 0 Å². The fourth-order valence-electron chi connectivity index (χ4n) is 5.04. The molecule has 2 aliphatic rings. The Morgan fingerprint density at radius 2 is 2.16 bits per heavy atom. The molecule has 0 aliphatic carbocycles. The van der Waals surface area contributed by atoms with E-state index >= 15 is 0 Å². The van der Waals surface area contributed by atoms with Crippen molar-refractivity contribution in [1.29, 1.82) is 0 Å². The average Bonchev–Trinajstić information content (AvgIpc) is 2.83. The van der Waals surface area contributed by atoms with Crippen LogP contribution in [-0.4, -0.2) is 74.1 Å². The van der Waals surface area contributed by atoms with Crippen molar-refractivity contribution in [2.45, 2.75) is 51.4 Å². The Kier molecular flexibility index (Phi) is 10.8. The first-order valence-electron chi connectivity index (χ1n) is 12.8. The molecule has 9 nitrogen and oxygen atoms in total. The van der Waals surface area contributed by atoms with Crippen molar-refractivity contribution >= 4 is 12.1 Å². The fraction of sp³-hybridized carbons (Fsp3) is 0.556. The summed E-state index contributed by atoms with van der Waals surface area (Å²) in [7, 11) is 1.86. The Balaban J connectivity index is 1.66. The van der Waals surface area contributed by atoms with Gasteiger partial charge in [-0.3, -0.25) is 0 Å². The van der Waals surface area contributed by atoms with Gasteiger partial charge in [-0.25, -0.2) is 14.0 Å². The normalized spacial score (nSPS) is 21.2. The van der Waals surface area contributed by atoms with E-state index in [1.165, 1.54) is 12.1 Å². The van der Waals surface area contributed by atoms with Crippen molar-refractivity contribution in [2.24, 2.45) is 5.92 Å². The van der Waals surface area contributed by atoms with Gasteiger partial charge in [-0.05, 0) is 75.6 Å². The van der Waals surface area contributed by atoms with Gasteiger partial charge in [-0.1, -0.05) is 12.1 Å². The van der Waals surface area contributed by atoms with Crippen molar-refractivity contribution in [2.75, 3.05) is 39.8 Å². The van der Waals surface area contributed by atoms with Crippen LogP contribution in [0, 0.1) is 11.7 Å². The van der Waals surface area contributed by atoms with E-state index < -0.39 is 12.2 Å². The van der Waals surface area contributed by atoms with Crippen LogP contribution in [0.2, 0.25) is 0 Å². The number of carbonyl (C=O) groups is 2. The first kappa shape index (κ1) is 28.5. The third-order valence-corrected chi connectivity index (χ3v) is 6.50. The summed E-state index contributed by atoms with van der Waals surface area (Å²) in [6.07, 6.45) is 4.77. The van der Waals surface area contributed by atoms with Gasteiger partial charge in [0.25, 0.3) is 0 Å². The average molecular weight is 519 g/mol. The summed E-state index contributed by atoms with van der Waals surface area (Å²) in [5.41, 5.74) is 1.81. The summed E-state index contributed by atoms with van der Waals surface area (Å²) < 4.78 is 25.7. The highest BCUT2D eigenvalue weighted by atomic mass is 19.1. The largest absolute Gasteiger partial charge is 0.491 e. The number of likely N-dealkylation sites (tertiary alicyclic amines) is 1. The standard InChI is InChI=1S/C27H39FN4O5/c1-18-12-20(13-19(2)37-18)14-24(16-29-3)31-26(33)32-10-5-7-22(17-32)25(36-11-9-30-27(34)35)21-6-4-8-23(28)15-21/h4,6,8,12-13,15,18,22,24-25,29-30H,5,7,9-11,14,16-17H2,1-3H3,(H,31,33)(H,34,35)/t18-,22?,24-,25-/m1/s1. The lowest BCUT2D eigenvalue weighted by atomic mass is 9.88. The molecule has 1 fully saturated rings. The Labute approximate surface area is 218 Å². The number of piperidine rings is 1. The van der Waals surface area contributed by atoms with Gasteiger partial charge < -0.3 is 35.4 Å². The zero-order valence-electron chi connectivity index (χ0n) is 21.8. The third-order valence-electron chi connectivity index (χ3n) is 6.50. The maximum Gasteiger partial charge on any atom is 0.404 e. The number of urea groups is 1. The van der Waals surface area contributed by atoms with E-state index in [-0.39, 0.29) is 43.1 Å². The molecular formula is C27H39FN4O5. The van der Waals surface area contributed by atoms with E-state index in [1.807, 2.05) is 27.0 Å². The lowest BCUT2D eigenvalue weighted by molar-refractivity contribution is -0.00862. The van der Waals surface area contributed by atoms with E-state index in [4.69, 9.17) is 14.6 Å². The number of hydrogen-bond acceptors (Lipinski definition) is 5. The number of carboxylic acid groups (broad SMARTS) is 1. The van der Waals surface area contributed by atoms with Gasteiger partial charge in [-0.2, -0.15) is 0 Å². The highest BCUT2D eigenvalue weighted by Crippen LogP contribution is 2.33. The van der Waals surface area contributed by atoms with Crippen LogP contribution >= 0.6 is 0 Å². The van der Waals surface area contributed by atoms with Gasteiger partial charge in [0.05, 0.1) is 18.5 Å². The number of hydrogen-bond donors (Lipinski definition) is 4.